The van der Waals surface area contributed by atoms with Gasteiger partial charge in [-0.15, -0.1) is 0 Å². The lowest BCUT2D eigenvalue weighted by molar-refractivity contribution is 0.157. The molecule has 2 heteroatoms. The summed E-state index contributed by atoms with van der Waals surface area (Å²) in [5.41, 5.74) is 2.19. The van der Waals surface area contributed by atoms with Crippen molar-refractivity contribution >= 4 is 0 Å². The predicted molar refractivity (Wildman–Crippen MR) is 106 cm³/mol. The van der Waals surface area contributed by atoms with Crippen LogP contribution in [-0.4, -0.2) is 6.67 Å². The van der Waals surface area contributed by atoms with Crippen molar-refractivity contribution in [2.45, 2.75) is 70.1 Å². The minimum absolute atomic E-state index is 0.322. The zero-order chi connectivity index (χ0) is 18.2. The summed E-state index contributed by atoms with van der Waals surface area (Å²) in [7, 11) is 0. The van der Waals surface area contributed by atoms with Gasteiger partial charge in [0.05, 0.1) is 11.6 Å². The minimum atomic E-state index is -0.322. The van der Waals surface area contributed by atoms with E-state index < -0.39 is 0 Å². The molecule has 0 N–H and O–H groups in total. The lowest BCUT2D eigenvalue weighted by Gasteiger charge is -2.38. The van der Waals surface area contributed by atoms with Crippen molar-refractivity contribution in [2.24, 2.45) is 17.8 Å². The molecule has 0 amide bonds. The molecule has 0 spiro atoms. The molecule has 1 aromatic rings. The molecule has 0 aliphatic heterocycles. The van der Waals surface area contributed by atoms with Crippen LogP contribution in [0.15, 0.2) is 36.4 Å². The van der Waals surface area contributed by atoms with Crippen LogP contribution in [0.1, 0.15) is 81.3 Å². The Bertz CT molecular complexity index is 596. The lowest BCUT2D eigenvalue weighted by Crippen LogP contribution is -2.25. The third-order valence-corrected chi connectivity index (χ3v) is 6.84. The molecule has 0 aromatic heterocycles. The van der Waals surface area contributed by atoms with Gasteiger partial charge in [0.1, 0.15) is 6.67 Å². The minimum Gasteiger partial charge on any atom is -0.247 e. The molecule has 0 heterocycles. The van der Waals surface area contributed by atoms with Crippen molar-refractivity contribution in [1.82, 2.24) is 0 Å². The number of rotatable bonds is 6. The summed E-state index contributed by atoms with van der Waals surface area (Å²) in [6, 6.07) is 10.5. The molecule has 1 nitrogen and oxygen atoms in total. The van der Waals surface area contributed by atoms with Crippen molar-refractivity contribution < 1.29 is 4.39 Å². The Kier molecular flexibility index (Phi) is 7.30. The summed E-state index contributed by atoms with van der Waals surface area (Å²) in [6.45, 7) is -0.322. The molecule has 2 saturated carbocycles. The highest BCUT2D eigenvalue weighted by atomic mass is 19.1. The smallest absolute Gasteiger partial charge is 0.108 e. The largest absolute Gasteiger partial charge is 0.247 e. The van der Waals surface area contributed by atoms with E-state index in [9.17, 15) is 4.39 Å². The monoisotopic (exact) mass is 353 g/mol. The molecule has 0 bridgehead atoms. The van der Waals surface area contributed by atoms with Gasteiger partial charge in [-0.3, -0.25) is 0 Å². The van der Waals surface area contributed by atoms with Crippen molar-refractivity contribution in [3.8, 4) is 6.07 Å². The fourth-order valence-corrected chi connectivity index (χ4v) is 5.21. The zero-order valence-electron chi connectivity index (χ0n) is 15.9. The van der Waals surface area contributed by atoms with E-state index in [1.165, 1.54) is 63.4 Å². The number of halogens is 1. The maximum Gasteiger partial charge on any atom is 0.108 e. The first kappa shape index (κ1) is 19.2. The van der Waals surface area contributed by atoms with E-state index in [4.69, 9.17) is 5.26 Å². The first-order chi connectivity index (χ1) is 12.8. The highest BCUT2D eigenvalue weighted by Crippen LogP contribution is 2.44. The molecular formula is C24H32FN. The first-order valence-electron chi connectivity index (χ1n) is 10.5. The average molecular weight is 354 g/mol. The second-order valence-electron chi connectivity index (χ2n) is 8.33. The van der Waals surface area contributed by atoms with Gasteiger partial charge in [0, 0.05) is 0 Å². The zero-order valence-corrected chi connectivity index (χ0v) is 15.9. The summed E-state index contributed by atoms with van der Waals surface area (Å²) >= 11 is 0. The summed E-state index contributed by atoms with van der Waals surface area (Å²) in [5.74, 6) is 3.43. The van der Waals surface area contributed by atoms with E-state index in [1.807, 2.05) is 18.2 Å². The Morgan fingerprint density at radius 2 is 1.50 bits per heavy atom. The third kappa shape index (κ3) is 5.19. The maximum absolute atomic E-state index is 12.1. The van der Waals surface area contributed by atoms with Gasteiger partial charge in [0.2, 0.25) is 0 Å². The Labute approximate surface area is 158 Å². The number of hydrogen-bond donors (Lipinski definition) is 0. The number of alkyl halides is 1. The highest BCUT2D eigenvalue weighted by Gasteiger charge is 2.31. The lowest BCUT2D eigenvalue weighted by atomic mass is 9.68. The van der Waals surface area contributed by atoms with Crippen LogP contribution in [0, 0.1) is 29.1 Å². The van der Waals surface area contributed by atoms with Crippen LogP contribution in [0.25, 0.3) is 0 Å². The van der Waals surface area contributed by atoms with E-state index >= 15 is 0 Å². The summed E-state index contributed by atoms with van der Waals surface area (Å²) in [6.07, 6.45) is 16.9. The van der Waals surface area contributed by atoms with Gasteiger partial charge >= 0.3 is 0 Å². The van der Waals surface area contributed by atoms with Crippen LogP contribution in [0.2, 0.25) is 0 Å². The molecule has 2 fully saturated rings. The average Bonchev–Trinajstić information content (AvgIpc) is 2.72. The second-order valence-corrected chi connectivity index (χ2v) is 8.33. The molecule has 1 aromatic carbocycles. The van der Waals surface area contributed by atoms with E-state index in [-0.39, 0.29) is 6.67 Å². The summed E-state index contributed by atoms with van der Waals surface area (Å²) in [5, 5.41) is 8.94. The topological polar surface area (TPSA) is 23.8 Å². The predicted octanol–water partition coefficient (Wildman–Crippen LogP) is 6.94. The molecule has 2 aliphatic carbocycles. The fraction of sp³-hybridized carbons (Fsp3) is 0.625. The van der Waals surface area contributed by atoms with Crippen molar-refractivity contribution in [2.75, 3.05) is 6.67 Å². The number of hydrogen-bond acceptors (Lipinski definition) is 1. The number of allylic oxidation sites excluding steroid dienone is 2. The molecule has 3 rings (SSSR count). The van der Waals surface area contributed by atoms with Gasteiger partial charge in [0.25, 0.3) is 0 Å². The van der Waals surface area contributed by atoms with E-state index in [2.05, 4.69) is 18.2 Å². The van der Waals surface area contributed by atoms with Gasteiger partial charge in [0.15, 0.2) is 0 Å². The van der Waals surface area contributed by atoms with Gasteiger partial charge in [-0.1, -0.05) is 37.1 Å². The summed E-state index contributed by atoms with van der Waals surface area (Å²) < 4.78 is 12.1. The SMILES string of the molecule is N#Cc1ccc(C2CCC([C@H]3CC[C@H](CC/C=C/CF)CC3)CC2)cc1. The molecular weight excluding hydrogens is 321 g/mol. The van der Waals surface area contributed by atoms with Crippen LogP contribution >= 0.6 is 0 Å². The van der Waals surface area contributed by atoms with E-state index in [1.54, 1.807) is 6.08 Å². The van der Waals surface area contributed by atoms with Crippen LogP contribution in [-0.2, 0) is 0 Å². The second kappa shape index (κ2) is 9.91. The summed E-state index contributed by atoms with van der Waals surface area (Å²) in [4.78, 5) is 0. The molecule has 26 heavy (non-hydrogen) atoms. The normalized spacial score (nSPS) is 29.5. The van der Waals surface area contributed by atoms with Crippen LogP contribution in [0.5, 0.6) is 0 Å². The fourth-order valence-electron chi connectivity index (χ4n) is 5.21. The van der Waals surface area contributed by atoms with Gasteiger partial charge in [-0.25, -0.2) is 4.39 Å². The third-order valence-electron chi connectivity index (χ3n) is 6.84. The Hall–Kier alpha value is -1.62. The molecule has 0 unspecified atom stereocenters. The number of nitrogens with zero attached hydrogens (tertiary/aromatic N) is 1. The Balaban J connectivity index is 1.40. The Morgan fingerprint density at radius 3 is 2.08 bits per heavy atom. The molecule has 2 aliphatic rings. The van der Waals surface area contributed by atoms with Crippen LogP contribution in [0.3, 0.4) is 0 Å². The van der Waals surface area contributed by atoms with Gasteiger partial charge in [-0.05, 0) is 92.7 Å². The van der Waals surface area contributed by atoms with Crippen molar-refractivity contribution in [3.63, 3.8) is 0 Å². The number of benzene rings is 1. The molecule has 0 saturated heterocycles. The first-order valence-corrected chi connectivity index (χ1v) is 10.5. The van der Waals surface area contributed by atoms with Crippen LogP contribution < -0.4 is 0 Å². The van der Waals surface area contributed by atoms with Gasteiger partial charge in [-0.2, -0.15) is 5.26 Å². The van der Waals surface area contributed by atoms with Crippen molar-refractivity contribution in [1.29, 1.82) is 5.26 Å². The number of nitriles is 1. The Morgan fingerprint density at radius 1 is 0.885 bits per heavy atom. The van der Waals surface area contributed by atoms with Crippen molar-refractivity contribution in [3.05, 3.63) is 47.5 Å². The van der Waals surface area contributed by atoms with Gasteiger partial charge < -0.3 is 0 Å². The standard InChI is InChI=1S/C24H32FN/c25-17-3-1-2-4-19-5-9-21(10-6-19)23-13-15-24(16-14-23)22-11-7-20(18-26)8-12-22/h1,3,7-8,11-12,19,21,23-24H,2,4-6,9-10,13-17H2/b3-1+/t19-,21-,23?,24?. The maximum atomic E-state index is 12.1. The quantitative estimate of drug-likeness (QED) is 0.508. The molecule has 0 radical (unpaired) electrons. The molecule has 140 valence electrons. The highest BCUT2D eigenvalue weighted by molar-refractivity contribution is 5.33. The van der Waals surface area contributed by atoms with E-state index in [0.29, 0.717) is 5.92 Å². The molecule has 0 atom stereocenters. The van der Waals surface area contributed by atoms with Crippen LogP contribution in [0.4, 0.5) is 4.39 Å². The van der Waals surface area contributed by atoms with E-state index in [0.717, 1.165) is 29.7 Å².